The normalized spacial score (nSPS) is 25.1. The van der Waals surface area contributed by atoms with Crippen molar-refractivity contribution in [3.8, 4) is 0 Å². The molecule has 0 spiro atoms. The van der Waals surface area contributed by atoms with Gasteiger partial charge in [-0.15, -0.1) is 0 Å². The lowest BCUT2D eigenvalue weighted by atomic mass is 9.94. The van der Waals surface area contributed by atoms with Gasteiger partial charge in [-0.1, -0.05) is 19.1 Å². The van der Waals surface area contributed by atoms with Crippen LogP contribution in [-0.4, -0.2) is 13.1 Å². The molecule has 0 saturated carbocycles. The maximum absolute atomic E-state index is 11.0. The van der Waals surface area contributed by atoms with Crippen molar-refractivity contribution in [3.05, 3.63) is 12.2 Å². The van der Waals surface area contributed by atoms with Gasteiger partial charge in [0.2, 0.25) is 0 Å². The molecular weight excluding hydrogens is 140 g/mol. The Bertz CT molecular complexity index is 172. The largest absolute Gasteiger partial charge is 0.469 e. The predicted molar refractivity (Wildman–Crippen MR) is 43.0 cm³/mol. The van der Waals surface area contributed by atoms with E-state index >= 15 is 0 Å². The molecule has 2 unspecified atom stereocenters. The highest BCUT2D eigenvalue weighted by Gasteiger charge is 2.23. The predicted octanol–water partition coefficient (Wildman–Crippen LogP) is 1.76. The lowest BCUT2D eigenvalue weighted by molar-refractivity contribution is -0.146. The smallest absolute Gasteiger partial charge is 0.308 e. The second-order valence-corrected chi connectivity index (χ2v) is 2.98. The van der Waals surface area contributed by atoms with Crippen molar-refractivity contribution < 1.29 is 9.53 Å². The SMILES string of the molecule is COC(=O)C(C)C1C=CCC1. The van der Waals surface area contributed by atoms with Crippen molar-refractivity contribution in [2.24, 2.45) is 11.8 Å². The first-order chi connectivity index (χ1) is 5.25. The van der Waals surface area contributed by atoms with Crippen LogP contribution in [0.15, 0.2) is 12.2 Å². The summed E-state index contributed by atoms with van der Waals surface area (Å²) in [7, 11) is 1.44. The number of carbonyl (C=O) groups excluding carboxylic acids is 1. The summed E-state index contributed by atoms with van der Waals surface area (Å²) in [6, 6.07) is 0. The van der Waals surface area contributed by atoms with Crippen LogP contribution in [0.25, 0.3) is 0 Å². The second-order valence-electron chi connectivity index (χ2n) is 2.98. The summed E-state index contributed by atoms with van der Waals surface area (Å²) in [4.78, 5) is 11.0. The fourth-order valence-corrected chi connectivity index (χ4v) is 1.43. The summed E-state index contributed by atoms with van der Waals surface area (Å²) < 4.78 is 4.65. The lowest BCUT2D eigenvalue weighted by Crippen LogP contribution is -2.19. The average molecular weight is 154 g/mol. The van der Waals surface area contributed by atoms with Gasteiger partial charge in [-0.25, -0.2) is 0 Å². The highest BCUT2D eigenvalue weighted by molar-refractivity contribution is 5.72. The molecule has 0 fully saturated rings. The Hall–Kier alpha value is -0.790. The summed E-state index contributed by atoms with van der Waals surface area (Å²) in [6.07, 6.45) is 6.44. The molecule has 11 heavy (non-hydrogen) atoms. The Labute approximate surface area is 67.2 Å². The van der Waals surface area contributed by atoms with Crippen LogP contribution in [0.1, 0.15) is 19.8 Å². The van der Waals surface area contributed by atoms with Crippen LogP contribution in [0, 0.1) is 11.8 Å². The van der Waals surface area contributed by atoms with Gasteiger partial charge in [0.15, 0.2) is 0 Å². The maximum atomic E-state index is 11.0. The van der Waals surface area contributed by atoms with Crippen molar-refractivity contribution in [2.75, 3.05) is 7.11 Å². The molecular formula is C9H14O2. The molecule has 2 atom stereocenters. The molecule has 0 aromatic carbocycles. The zero-order valence-corrected chi connectivity index (χ0v) is 7.04. The Kier molecular flexibility index (Phi) is 2.69. The van der Waals surface area contributed by atoms with Gasteiger partial charge < -0.3 is 4.74 Å². The Morgan fingerprint density at radius 2 is 2.45 bits per heavy atom. The third-order valence-electron chi connectivity index (χ3n) is 2.27. The van der Waals surface area contributed by atoms with Gasteiger partial charge in [0, 0.05) is 0 Å². The highest BCUT2D eigenvalue weighted by Crippen LogP contribution is 2.25. The van der Waals surface area contributed by atoms with Crippen LogP contribution in [0.5, 0.6) is 0 Å². The molecule has 1 aliphatic carbocycles. The van der Waals surface area contributed by atoms with Gasteiger partial charge in [0.25, 0.3) is 0 Å². The number of ether oxygens (including phenoxy) is 1. The molecule has 62 valence electrons. The van der Waals surface area contributed by atoms with Crippen molar-refractivity contribution in [2.45, 2.75) is 19.8 Å². The molecule has 2 heteroatoms. The number of rotatable bonds is 2. The molecule has 2 nitrogen and oxygen atoms in total. The molecule has 0 radical (unpaired) electrons. The molecule has 0 aliphatic heterocycles. The van der Waals surface area contributed by atoms with Crippen LogP contribution in [0.3, 0.4) is 0 Å². The zero-order valence-electron chi connectivity index (χ0n) is 7.04. The van der Waals surface area contributed by atoms with Gasteiger partial charge >= 0.3 is 5.97 Å². The van der Waals surface area contributed by atoms with E-state index in [1.807, 2.05) is 6.92 Å². The van der Waals surface area contributed by atoms with E-state index in [9.17, 15) is 4.79 Å². The van der Waals surface area contributed by atoms with E-state index in [-0.39, 0.29) is 11.9 Å². The second kappa shape index (κ2) is 3.56. The van der Waals surface area contributed by atoms with Crippen molar-refractivity contribution in [1.29, 1.82) is 0 Å². The average Bonchev–Trinajstić information content (AvgIpc) is 2.53. The van der Waals surface area contributed by atoms with Crippen LogP contribution in [0.4, 0.5) is 0 Å². The molecule has 0 amide bonds. The van der Waals surface area contributed by atoms with E-state index in [1.165, 1.54) is 7.11 Å². The third-order valence-corrected chi connectivity index (χ3v) is 2.27. The number of allylic oxidation sites excluding steroid dienone is 2. The van der Waals surface area contributed by atoms with E-state index < -0.39 is 0 Å². The lowest BCUT2D eigenvalue weighted by Gasteiger charge is -2.14. The van der Waals surface area contributed by atoms with Crippen LogP contribution in [0.2, 0.25) is 0 Å². The zero-order chi connectivity index (χ0) is 8.27. The summed E-state index contributed by atoms with van der Waals surface area (Å²) in [5.74, 6) is 0.336. The van der Waals surface area contributed by atoms with Crippen molar-refractivity contribution >= 4 is 5.97 Å². The molecule has 0 heterocycles. The summed E-state index contributed by atoms with van der Waals surface area (Å²) in [6.45, 7) is 1.92. The maximum Gasteiger partial charge on any atom is 0.308 e. The standard InChI is InChI=1S/C9H14O2/c1-7(9(10)11-2)8-5-3-4-6-8/h3,5,7-8H,4,6H2,1-2H3. The molecule has 0 aromatic heterocycles. The fourth-order valence-electron chi connectivity index (χ4n) is 1.43. The number of methoxy groups -OCH3 is 1. The van der Waals surface area contributed by atoms with E-state index in [2.05, 4.69) is 16.9 Å². The van der Waals surface area contributed by atoms with Crippen molar-refractivity contribution in [1.82, 2.24) is 0 Å². The number of carbonyl (C=O) groups is 1. The van der Waals surface area contributed by atoms with Crippen LogP contribution >= 0.6 is 0 Å². The number of esters is 1. The molecule has 0 saturated heterocycles. The Morgan fingerprint density at radius 3 is 2.91 bits per heavy atom. The van der Waals surface area contributed by atoms with E-state index in [4.69, 9.17) is 0 Å². The van der Waals surface area contributed by atoms with E-state index in [1.54, 1.807) is 0 Å². The Balaban J connectivity index is 2.46. The first-order valence-electron chi connectivity index (χ1n) is 4.00. The van der Waals surface area contributed by atoms with Gasteiger partial charge in [-0.2, -0.15) is 0 Å². The van der Waals surface area contributed by atoms with Crippen LogP contribution in [-0.2, 0) is 9.53 Å². The minimum atomic E-state index is -0.0958. The van der Waals surface area contributed by atoms with Gasteiger partial charge in [-0.05, 0) is 18.8 Å². The third kappa shape index (κ3) is 1.82. The van der Waals surface area contributed by atoms with Crippen molar-refractivity contribution in [3.63, 3.8) is 0 Å². The monoisotopic (exact) mass is 154 g/mol. The van der Waals surface area contributed by atoms with Gasteiger partial charge in [-0.3, -0.25) is 4.79 Å². The number of hydrogen-bond acceptors (Lipinski definition) is 2. The number of hydrogen-bond donors (Lipinski definition) is 0. The first kappa shape index (κ1) is 8.31. The quantitative estimate of drug-likeness (QED) is 0.447. The summed E-state index contributed by atoms with van der Waals surface area (Å²) in [5, 5.41) is 0. The minimum absolute atomic E-state index is 0.0266. The highest BCUT2D eigenvalue weighted by atomic mass is 16.5. The molecule has 0 bridgehead atoms. The molecule has 1 rings (SSSR count). The van der Waals surface area contributed by atoms with Gasteiger partial charge in [0.05, 0.1) is 13.0 Å². The van der Waals surface area contributed by atoms with E-state index in [0.29, 0.717) is 5.92 Å². The summed E-state index contributed by atoms with van der Waals surface area (Å²) in [5.41, 5.74) is 0. The topological polar surface area (TPSA) is 26.3 Å². The first-order valence-corrected chi connectivity index (χ1v) is 4.00. The molecule has 0 N–H and O–H groups in total. The summed E-state index contributed by atoms with van der Waals surface area (Å²) >= 11 is 0. The molecule has 0 aromatic rings. The van der Waals surface area contributed by atoms with E-state index in [0.717, 1.165) is 12.8 Å². The minimum Gasteiger partial charge on any atom is -0.469 e. The van der Waals surface area contributed by atoms with Crippen LogP contribution < -0.4 is 0 Å². The Morgan fingerprint density at radius 1 is 1.73 bits per heavy atom. The van der Waals surface area contributed by atoms with Gasteiger partial charge in [0.1, 0.15) is 0 Å². The molecule has 1 aliphatic rings. The fraction of sp³-hybridized carbons (Fsp3) is 0.667.